The van der Waals surface area contributed by atoms with Gasteiger partial charge in [-0.2, -0.15) is 0 Å². The minimum absolute atomic E-state index is 0.0351. The van der Waals surface area contributed by atoms with E-state index in [1.54, 1.807) is 13.8 Å². The molecule has 0 aromatic carbocycles. The summed E-state index contributed by atoms with van der Waals surface area (Å²) in [6, 6.07) is 0. The summed E-state index contributed by atoms with van der Waals surface area (Å²) in [6.07, 6.45) is 1.25. The summed E-state index contributed by atoms with van der Waals surface area (Å²) in [7, 11) is 1.33. The average molecular weight is 277 g/mol. The number of hydrogen-bond acceptors (Lipinski definition) is 5. The summed E-state index contributed by atoms with van der Waals surface area (Å²) in [5.74, 6) is 0.638. The Morgan fingerprint density at radius 1 is 1.35 bits per heavy atom. The molecule has 0 amide bonds. The van der Waals surface area contributed by atoms with Gasteiger partial charge in [0.25, 0.3) is 5.56 Å². The smallest absolute Gasteiger partial charge is 0.331 e. The highest BCUT2D eigenvalue weighted by Gasteiger charge is 2.14. The zero-order valence-corrected chi connectivity index (χ0v) is 11.8. The van der Waals surface area contributed by atoms with Crippen molar-refractivity contribution in [1.82, 2.24) is 14.1 Å². The maximum Gasteiger partial charge on any atom is 0.331 e. The number of carbonyl (C=O) groups is 1. The molecule has 2 rings (SSSR count). The van der Waals surface area contributed by atoms with E-state index in [9.17, 15) is 14.4 Å². The van der Waals surface area contributed by atoms with Gasteiger partial charge in [-0.1, -0.05) is 0 Å². The number of ketones is 1. The SMILES string of the molecule is CC(=O)c1cn(Cc2nc(C)c(C)o2)c(=O)n(C)c1=O. The number of oxazole rings is 1. The van der Waals surface area contributed by atoms with Gasteiger partial charge < -0.3 is 4.42 Å². The Bertz CT molecular complexity index is 775. The van der Waals surface area contributed by atoms with Crippen LogP contribution in [0.2, 0.25) is 0 Å². The molecule has 0 aliphatic rings. The molecule has 0 radical (unpaired) electrons. The molecule has 0 unspecified atom stereocenters. The van der Waals surface area contributed by atoms with E-state index in [1.807, 2.05) is 0 Å². The lowest BCUT2D eigenvalue weighted by molar-refractivity contribution is 0.101. The van der Waals surface area contributed by atoms with E-state index in [0.29, 0.717) is 11.7 Å². The third-order valence-electron chi connectivity index (χ3n) is 3.11. The molecule has 106 valence electrons. The molecule has 0 atom stereocenters. The van der Waals surface area contributed by atoms with Gasteiger partial charge in [-0.05, 0) is 20.8 Å². The zero-order valence-electron chi connectivity index (χ0n) is 11.8. The van der Waals surface area contributed by atoms with E-state index in [-0.39, 0.29) is 17.9 Å². The quantitative estimate of drug-likeness (QED) is 0.758. The van der Waals surface area contributed by atoms with Crippen molar-refractivity contribution in [3.8, 4) is 0 Å². The van der Waals surface area contributed by atoms with Crippen molar-refractivity contribution >= 4 is 5.78 Å². The van der Waals surface area contributed by atoms with Crippen LogP contribution < -0.4 is 11.2 Å². The lowest BCUT2D eigenvalue weighted by Crippen LogP contribution is -2.40. The molecule has 0 bridgehead atoms. The van der Waals surface area contributed by atoms with Crippen molar-refractivity contribution in [2.45, 2.75) is 27.3 Å². The first kappa shape index (κ1) is 14.0. The second kappa shape index (κ2) is 4.92. The molecule has 2 aromatic heterocycles. The van der Waals surface area contributed by atoms with Crippen molar-refractivity contribution in [3.63, 3.8) is 0 Å². The second-order valence-corrected chi connectivity index (χ2v) is 4.62. The molecule has 0 aliphatic carbocycles. The van der Waals surface area contributed by atoms with Crippen LogP contribution in [-0.4, -0.2) is 19.9 Å². The highest BCUT2D eigenvalue weighted by atomic mass is 16.4. The molecule has 20 heavy (non-hydrogen) atoms. The van der Waals surface area contributed by atoms with Gasteiger partial charge in [0.2, 0.25) is 5.89 Å². The van der Waals surface area contributed by atoms with Crippen molar-refractivity contribution < 1.29 is 9.21 Å². The predicted molar refractivity (Wildman–Crippen MR) is 71.0 cm³/mol. The average Bonchev–Trinajstić information content (AvgIpc) is 2.68. The Morgan fingerprint density at radius 3 is 2.50 bits per heavy atom. The molecule has 0 saturated carbocycles. The lowest BCUT2D eigenvalue weighted by Gasteiger charge is -2.07. The van der Waals surface area contributed by atoms with Gasteiger partial charge in [-0.3, -0.25) is 18.7 Å². The minimum Gasteiger partial charge on any atom is -0.444 e. The van der Waals surface area contributed by atoms with E-state index in [1.165, 1.54) is 24.7 Å². The maximum atomic E-state index is 12.0. The van der Waals surface area contributed by atoms with E-state index in [0.717, 1.165) is 10.3 Å². The fraction of sp³-hybridized carbons (Fsp3) is 0.385. The Morgan fingerprint density at radius 2 is 2.00 bits per heavy atom. The van der Waals surface area contributed by atoms with Gasteiger partial charge in [0, 0.05) is 13.2 Å². The minimum atomic E-state index is -0.599. The second-order valence-electron chi connectivity index (χ2n) is 4.62. The molecular formula is C13H15N3O4. The summed E-state index contributed by atoms with van der Waals surface area (Å²) in [5, 5.41) is 0. The number of Topliss-reactive ketones (excluding diaryl/α,β-unsaturated/α-hetero) is 1. The van der Waals surface area contributed by atoms with Crippen LogP contribution in [0.1, 0.15) is 34.6 Å². The number of rotatable bonds is 3. The number of aryl methyl sites for hydroxylation is 2. The molecule has 0 spiro atoms. The van der Waals surface area contributed by atoms with Crippen molar-refractivity contribution in [3.05, 3.63) is 49.9 Å². The summed E-state index contributed by atoms with van der Waals surface area (Å²) < 4.78 is 7.54. The molecule has 0 fully saturated rings. The third-order valence-corrected chi connectivity index (χ3v) is 3.11. The third kappa shape index (κ3) is 2.34. The predicted octanol–water partition coefficient (Wildman–Crippen LogP) is 0.403. The molecule has 0 saturated heterocycles. The van der Waals surface area contributed by atoms with Crippen LogP contribution in [0, 0.1) is 13.8 Å². The number of carbonyl (C=O) groups excluding carboxylic acids is 1. The van der Waals surface area contributed by atoms with Gasteiger partial charge in [0.15, 0.2) is 5.78 Å². The van der Waals surface area contributed by atoms with Crippen LogP contribution in [-0.2, 0) is 13.6 Å². The fourth-order valence-corrected chi connectivity index (χ4v) is 1.83. The molecule has 2 heterocycles. The number of nitrogens with zero attached hydrogens (tertiary/aromatic N) is 3. The Kier molecular flexibility index (Phi) is 3.44. The van der Waals surface area contributed by atoms with Gasteiger partial charge in [0.05, 0.1) is 11.3 Å². The van der Waals surface area contributed by atoms with E-state index in [2.05, 4.69) is 4.98 Å². The van der Waals surface area contributed by atoms with Crippen LogP contribution in [0.5, 0.6) is 0 Å². The normalized spacial score (nSPS) is 10.8. The van der Waals surface area contributed by atoms with Gasteiger partial charge in [0.1, 0.15) is 12.3 Å². The van der Waals surface area contributed by atoms with Gasteiger partial charge >= 0.3 is 5.69 Å². The van der Waals surface area contributed by atoms with Crippen molar-refractivity contribution in [1.29, 1.82) is 0 Å². The van der Waals surface area contributed by atoms with Gasteiger partial charge in [-0.25, -0.2) is 9.78 Å². The van der Waals surface area contributed by atoms with Gasteiger partial charge in [-0.15, -0.1) is 0 Å². The van der Waals surface area contributed by atoms with E-state index >= 15 is 0 Å². The van der Waals surface area contributed by atoms with Crippen LogP contribution in [0.4, 0.5) is 0 Å². The molecule has 7 heteroatoms. The highest BCUT2D eigenvalue weighted by molar-refractivity contribution is 5.93. The zero-order chi connectivity index (χ0) is 15.0. The fourth-order valence-electron chi connectivity index (χ4n) is 1.83. The molecule has 0 N–H and O–H groups in total. The van der Waals surface area contributed by atoms with Crippen LogP contribution in [0.15, 0.2) is 20.2 Å². The Balaban J connectivity index is 2.54. The standard InChI is InChI=1S/C13H15N3O4/c1-7-9(3)20-11(14-7)6-16-5-10(8(2)17)12(18)15(4)13(16)19/h5H,6H2,1-4H3. The summed E-state index contributed by atoms with van der Waals surface area (Å²) in [4.78, 5) is 39.4. The van der Waals surface area contributed by atoms with E-state index in [4.69, 9.17) is 4.42 Å². The number of hydrogen-bond donors (Lipinski definition) is 0. The first-order valence-corrected chi connectivity index (χ1v) is 6.05. The van der Waals surface area contributed by atoms with Crippen molar-refractivity contribution in [2.24, 2.45) is 7.05 Å². The van der Waals surface area contributed by atoms with Crippen molar-refractivity contribution in [2.75, 3.05) is 0 Å². The summed E-state index contributed by atoms with van der Waals surface area (Å²) in [5.41, 5.74) is -0.413. The Hall–Kier alpha value is -2.44. The highest BCUT2D eigenvalue weighted by Crippen LogP contribution is 2.08. The summed E-state index contributed by atoms with van der Waals surface area (Å²) in [6.45, 7) is 4.93. The maximum absolute atomic E-state index is 12.0. The number of aromatic nitrogens is 3. The first-order chi connectivity index (χ1) is 9.31. The monoisotopic (exact) mass is 277 g/mol. The van der Waals surface area contributed by atoms with Crippen LogP contribution in [0.25, 0.3) is 0 Å². The Labute approximate surface area is 114 Å². The van der Waals surface area contributed by atoms with Crippen LogP contribution in [0.3, 0.4) is 0 Å². The molecular weight excluding hydrogens is 262 g/mol. The van der Waals surface area contributed by atoms with Crippen LogP contribution >= 0.6 is 0 Å². The summed E-state index contributed by atoms with van der Waals surface area (Å²) >= 11 is 0. The largest absolute Gasteiger partial charge is 0.444 e. The first-order valence-electron chi connectivity index (χ1n) is 6.05. The lowest BCUT2D eigenvalue weighted by atomic mass is 10.2. The molecule has 2 aromatic rings. The topological polar surface area (TPSA) is 87.1 Å². The molecule has 7 nitrogen and oxygen atoms in total. The molecule has 0 aliphatic heterocycles. The van der Waals surface area contributed by atoms with E-state index < -0.39 is 11.2 Å².